The van der Waals surface area contributed by atoms with Crippen LogP contribution < -0.4 is 5.32 Å². The fraction of sp³-hybridized carbons (Fsp3) is 0.500. The van der Waals surface area contributed by atoms with E-state index in [0.717, 1.165) is 25.8 Å². The molecule has 16 heavy (non-hydrogen) atoms. The lowest BCUT2D eigenvalue weighted by molar-refractivity contribution is -0.122. The standard InChI is InChI=1S/C14H19NO/c1-2-11(12-6-4-3-5-7-12)10-15-14(16)13-8-9-13/h3-7,11,13H,2,8-10H2,1H3,(H,15,16). The van der Waals surface area contributed by atoms with Gasteiger partial charge in [0.2, 0.25) is 5.91 Å². The SMILES string of the molecule is CCC(CNC(=O)C1CC1)c1ccccc1. The summed E-state index contributed by atoms with van der Waals surface area (Å²) in [5.74, 6) is 1.01. The lowest BCUT2D eigenvalue weighted by Gasteiger charge is -2.16. The largest absolute Gasteiger partial charge is 0.355 e. The van der Waals surface area contributed by atoms with E-state index in [4.69, 9.17) is 0 Å². The van der Waals surface area contributed by atoms with E-state index in [1.807, 2.05) is 6.07 Å². The molecule has 2 nitrogen and oxygen atoms in total. The predicted molar refractivity (Wildman–Crippen MR) is 65.2 cm³/mol. The van der Waals surface area contributed by atoms with Gasteiger partial charge in [0.15, 0.2) is 0 Å². The lowest BCUT2D eigenvalue weighted by atomic mass is 9.96. The minimum atomic E-state index is 0.245. The van der Waals surface area contributed by atoms with Crippen LogP contribution >= 0.6 is 0 Å². The Kier molecular flexibility index (Phi) is 3.60. The summed E-state index contributed by atoms with van der Waals surface area (Å²) in [6, 6.07) is 10.4. The van der Waals surface area contributed by atoms with Crippen LogP contribution in [0.1, 0.15) is 37.7 Å². The molecular weight excluding hydrogens is 198 g/mol. The highest BCUT2D eigenvalue weighted by Crippen LogP contribution is 2.29. The normalized spacial score (nSPS) is 16.8. The molecule has 86 valence electrons. The molecule has 0 aliphatic heterocycles. The Morgan fingerprint density at radius 2 is 2.06 bits per heavy atom. The van der Waals surface area contributed by atoms with Crippen LogP contribution in [0.3, 0.4) is 0 Å². The summed E-state index contributed by atoms with van der Waals surface area (Å²) >= 11 is 0. The first-order chi connectivity index (χ1) is 7.81. The maximum absolute atomic E-state index is 11.5. The Labute approximate surface area is 97.1 Å². The van der Waals surface area contributed by atoms with Crippen molar-refractivity contribution in [2.24, 2.45) is 5.92 Å². The number of carbonyl (C=O) groups is 1. The summed E-state index contributed by atoms with van der Waals surface area (Å²) in [5.41, 5.74) is 1.32. The van der Waals surface area contributed by atoms with Crippen LogP contribution in [0, 0.1) is 5.92 Å². The van der Waals surface area contributed by atoms with Crippen LogP contribution in [-0.4, -0.2) is 12.5 Å². The van der Waals surface area contributed by atoms with Crippen molar-refractivity contribution in [3.05, 3.63) is 35.9 Å². The molecule has 1 aliphatic rings. The van der Waals surface area contributed by atoms with Crippen molar-refractivity contribution in [2.75, 3.05) is 6.54 Å². The molecule has 0 radical (unpaired) electrons. The van der Waals surface area contributed by atoms with Crippen molar-refractivity contribution in [2.45, 2.75) is 32.1 Å². The first-order valence-electron chi connectivity index (χ1n) is 6.14. The number of rotatable bonds is 5. The number of nitrogens with one attached hydrogen (secondary N) is 1. The monoisotopic (exact) mass is 217 g/mol. The first kappa shape index (κ1) is 11.2. The number of amides is 1. The molecule has 0 spiro atoms. The molecule has 1 unspecified atom stereocenters. The Bertz CT molecular complexity index is 343. The summed E-state index contributed by atoms with van der Waals surface area (Å²) in [6.07, 6.45) is 3.22. The molecule has 1 aliphatic carbocycles. The second kappa shape index (κ2) is 5.15. The summed E-state index contributed by atoms with van der Waals surface area (Å²) in [7, 11) is 0. The molecule has 1 saturated carbocycles. The average molecular weight is 217 g/mol. The smallest absolute Gasteiger partial charge is 0.223 e. The van der Waals surface area contributed by atoms with Gasteiger partial charge in [0, 0.05) is 18.4 Å². The minimum absolute atomic E-state index is 0.245. The fourth-order valence-corrected chi connectivity index (χ4v) is 1.94. The highest BCUT2D eigenvalue weighted by molar-refractivity contribution is 5.80. The molecule has 1 amide bonds. The van der Waals surface area contributed by atoms with E-state index in [2.05, 4.69) is 36.5 Å². The van der Waals surface area contributed by atoms with E-state index in [1.165, 1.54) is 5.56 Å². The van der Waals surface area contributed by atoms with Crippen molar-refractivity contribution >= 4 is 5.91 Å². The van der Waals surface area contributed by atoms with Gasteiger partial charge in [0.1, 0.15) is 0 Å². The van der Waals surface area contributed by atoms with Crippen molar-refractivity contribution in [3.8, 4) is 0 Å². The number of benzene rings is 1. The summed E-state index contributed by atoms with van der Waals surface area (Å²) < 4.78 is 0. The van der Waals surface area contributed by atoms with Gasteiger partial charge < -0.3 is 5.32 Å². The van der Waals surface area contributed by atoms with Crippen LogP contribution in [0.15, 0.2) is 30.3 Å². The third-order valence-electron chi connectivity index (χ3n) is 3.23. The van der Waals surface area contributed by atoms with Gasteiger partial charge in [0.05, 0.1) is 0 Å². The van der Waals surface area contributed by atoms with Crippen LogP contribution in [-0.2, 0) is 4.79 Å². The van der Waals surface area contributed by atoms with Gasteiger partial charge in [-0.1, -0.05) is 37.3 Å². The van der Waals surface area contributed by atoms with E-state index in [1.54, 1.807) is 0 Å². The van der Waals surface area contributed by atoms with E-state index in [-0.39, 0.29) is 5.91 Å². The van der Waals surface area contributed by atoms with Gasteiger partial charge in [-0.15, -0.1) is 0 Å². The van der Waals surface area contributed by atoms with Crippen LogP contribution in [0.2, 0.25) is 0 Å². The summed E-state index contributed by atoms with van der Waals surface area (Å²) in [6.45, 7) is 2.94. The van der Waals surface area contributed by atoms with Gasteiger partial charge in [-0.25, -0.2) is 0 Å². The lowest BCUT2D eigenvalue weighted by Crippen LogP contribution is -2.29. The maximum Gasteiger partial charge on any atom is 0.223 e. The second-order valence-corrected chi connectivity index (χ2v) is 4.54. The molecule has 1 atom stereocenters. The van der Waals surface area contributed by atoms with Crippen LogP contribution in [0.4, 0.5) is 0 Å². The van der Waals surface area contributed by atoms with Crippen molar-refractivity contribution in [1.82, 2.24) is 5.32 Å². The molecule has 2 heteroatoms. The van der Waals surface area contributed by atoms with Gasteiger partial charge in [0.25, 0.3) is 0 Å². The van der Waals surface area contributed by atoms with Crippen molar-refractivity contribution < 1.29 is 4.79 Å². The zero-order chi connectivity index (χ0) is 11.4. The molecule has 1 aromatic carbocycles. The predicted octanol–water partition coefficient (Wildman–Crippen LogP) is 2.71. The quantitative estimate of drug-likeness (QED) is 0.807. The molecule has 2 rings (SSSR count). The second-order valence-electron chi connectivity index (χ2n) is 4.54. The zero-order valence-corrected chi connectivity index (χ0v) is 9.78. The summed E-state index contributed by atoms with van der Waals surface area (Å²) in [4.78, 5) is 11.5. The molecular formula is C14H19NO. The van der Waals surface area contributed by atoms with E-state index in [0.29, 0.717) is 11.8 Å². The zero-order valence-electron chi connectivity index (χ0n) is 9.78. The van der Waals surface area contributed by atoms with Crippen molar-refractivity contribution in [3.63, 3.8) is 0 Å². The van der Waals surface area contributed by atoms with Crippen molar-refractivity contribution in [1.29, 1.82) is 0 Å². The molecule has 0 bridgehead atoms. The highest BCUT2D eigenvalue weighted by atomic mass is 16.2. The van der Waals surface area contributed by atoms with E-state index >= 15 is 0 Å². The molecule has 1 fully saturated rings. The highest BCUT2D eigenvalue weighted by Gasteiger charge is 2.29. The van der Waals surface area contributed by atoms with Gasteiger partial charge in [-0.2, -0.15) is 0 Å². The van der Waals surface area contributed by atoms with Crippen LogP contribution in [0.5, 0.6) is 0 Å². The molecule has 1 N–H and O–H groups in total. The molecule has 0 saturated heterocycles. The Morgan fingerprint density at radius 3 is 2.62 bits per heavy atom. The van der Waals surface area contributed by atoms with Gasteiger partial charge in [-0.05, 0) is 24.8 Å². The third kappa shape index (κ3) is 2.84. The number of carbonyl (C=O) groups excluding carboxylic acids is 1. The Hall–Kier alpha value is -1.31. The fourth-order valence-electron chi connectivity index (χ4n) is 1.94. The minimum Gasteiger partial charge on any atom is -0.355 e. The Balaban J connectivity index is 1.88. The van der Waals surface area contributed by atoms with Gasteiger partial charge in [-0.3, -0.25) is 4.79 Å². The molecule has 1 aromatic rings. The maximum atomic E-state index is 11.5. The topological polar surface area (TPSA) is 29.1 Å². The molecule has 0 aromatic heterocycles. The Morgan fingerprint density at radius 1 is 1.38 bits per heavy atom. The van der Waals surface area contributed by atoms with E-state index in [9.17, 15) is 4.79 Å². The number of hydrogen-bond donors (Lipinski definition) is 1. The van der Waals surface area contributed by atoms with Crippen LogP contribution in [0.25, 0.3) is 0 Å². The third-order valence-corrected chi connectivity index (χ3v) is 3.23. The first-order valence-corrected chi connectivity index (χ1v) is 6.14. The number of hydrogen-bond acceptors (Lipinski definition) is 1. The summed E-state index contributed by atoms with van der Waals surface area (Å²) in [5, 5.41) is 3.06. The van der Waals surface area contributed by atoms with E-state index < -0.39 is 0 Å². The molecule has 0 heterocycles. The van der Waals surface area contributed by atoms with Gasteiger partial charge >= 0.3 is 0 Å². The average Bonchev–Trinajstić information content (AvgIpc) is 3.15.